The van der Waals surface area contributed by atoms with Gasteiger partial charge in [-0.15, -0.1) is 12.4 Å². The summed E-state index contributed by atoms with van der Waals surface area (Å²) in [5.74, 6) is 0.366. The Hall–Kier alpha value is -2.86. The van der Waals surface area contributed by atoms with Crippen LogP contribution in [-0.4, -0.2) is 36.5 Å². The van der Waals surface area contributed by atoms with Gasteiger partial charge >= 0.3 is 0 Å². The Morgan fingerprint density at radius 1 is 1.00 bits per heavy atom. The summed E-state index contributed by atoms with van der Waals surface area (Å²) in [4.78, 5) is 0. The number of nitrogens with zero attached hydrogens (tertiary/aromatic N) is 1. The molecule has 1 heterocycles. The molecule has 0 radical (unpaired) electrons. The van der Waals surface area contributed by atoms with Gasteiger partial charge < -0.3 is 19.7 Å². The zero-order valence-corrected chi connectivity index (χ0v) is 18.3. The summed E-state index contributed by atoms with van der Waals surface area (Å²) in [5, 5.41) is 15.7. The molecule has 0 aliphatic heterocycles. The normalized spacial score (nSPS) is 13.9. The Morgan fingerprint density at radius 3 is 2.42 bits per heavy atom. The van der Waals surface area contributed by atoms with Crippen molar-refractivity contribution in [1.29, 1.82) is 0 Å². The van der Waals surface area contributed by atoms with Crippen molar-refractivity contribution in [1.82, 2.24) is 9.88 Å². The van der Waals surface area contributed by atoms with Gasteiger partial charge in [-0.3, -0.25) is 0 Å². The first kappa shape index (κ1) is 22.8. The summed E-state index contributed by atoms with van der Waals surface area (Å²) in [6, 6.07) is 24.0. The summed E-state index contributed by atoms with van der Waals surface area (Å²) in [6.45, 7) is 0.315. The minimum atomic E-state index is -1.06. The predicted octanol–water partition coefficient (Wildman–Crippen LogP) is 4.58. The Bertz CT molecular complexity index is 1150. The molecule has 0 saturated carbocycles. The standard InChI is InChI=1S/C25H25FN2O2.ClH/c1-27-17-24(29)25(19-7-4-3-5-8-19,20-9-6-10-21(26)15-20)28-14-13-18-11-12-22(30-2)16-23(18)28;/h3-16,24,27,29H,17H2,1-2H3;1H/t24-,25+;/m1./s1. The fourth-order valence-electron chi connectivity index (χ4n) is 4.29. The zero-order valence-electron chi connectivity index (χ0n) is 17.5. The molecule has 2 atom stereocenters. The van der Waals surface area contributed by atoms with Crippen molar-refractivity contribution in [3.63, 3.8) is 0 Å². The third-order valence-corrected chi connectivity index (χ3v) is 5.64. The average Bonchev–Trinajstić information content (AvgIpc) is 3.19. The van der Waals surface area contributed by atoms with E-state index in [0.717, 1.165) is 16.5 Å². The van der Waals surface area contributed by atoms with Crippen LogP contribution in [0.25, 0.3) is 10.9 Å². The molecule has 4 rings (SSSR count). The van der Waals surface area contributed by atoms with Crippen molar-refractivity contribution in [2.75, 3.05) is 20.7 Å². The van der Waals surface area contributed by atoms with Crippen molar-refractivity contribution in [2.24, 2.45) is 0 Å². The maximum absolute atomic E-state index is 14.4. The van der Waals surface area contributed by atoms with Gasteiger partial charge in [-0.05, 0) is 53.9 Å². The molecular formula is C25H26ClFN2O2. The molecule has 162 valence electrons. The van der Waals surface area contributed by atoms with Gasteiger partial charge in [0, 0.05) is 18.8 Å². The second-order valence-electron chi connectivity index (χ2n) is 7.33. The van der Waals surface area contributed by atoms with Crippen LogP contribution in [0.4, 0.5) is 4.39 Å². The molecule has 4 aromatic rings. The van der Waals surface area contributed by atoms with E-state index in [-0.39, 0.29) is 18.2 Å². The summed E-state index contributed by atoms with van der Waals surface area (Å²) in [7, 11) is 3.42. The number of fused-ring (bicyclic) bond motifs is 1. The Balaban J connectivity index is 0.00000272. The highest BCUT2D eigenvalue weighted by atomic mass is 35.5. The van der Waals surface area contributed by atoms with Crippen LogP contribution in [0.3, 0.4) is 0 Å². The monoisotopic (exact) mass is 440 g/mol. The van der Waals surface area contributed by atoms with Gasteiger partial charge in [0.15, 0.2) is 0 Å². The van der Waals surface area contributed by atoms with E-state index >= 15 is 0 Å². The molecule has 0 bridgehead atoms. The highest BCUT2D eigenvalue weighted by Gasteiger charge is 2.43. The molecule has 0 aliphatic rings. The van der Waals surface area contributed by atoms with Crippen LogP contribution in [-0.2, 0) is 5.54 Å². The lowest BCUT2D eigenvalue weighted by Gasteiger charge is -2.41. The number of hydrogen-bond donors (Lipinski definition) is 2. The molecule has 4 nitrogen and oxygen atoms in total. The smallest absolute Gasteiger partial charge is 0.123 e. The molecule has 6 heteroatoms. The number of benzene rings is 3. The summed E-state index contributed by atoms with van der Waals surface area (Å²) in [5.41, 5.74) is 1.36. The average molecular weight is 441 g/mol. The van der Waals surface area contributed by atoms with Gasteiger partial charge in [0.05, 0.1) is 18.7 Å². The van der Waals surface area contributed by atoms with Crippen LogP contribution in [0, 0.1) is 5.82 Å². The van der Waals surface area contributed by atoms with E-state index in [1.54, 1.807) is 20.2 Å². The van der Waals surface area contributed by atoms with E-state index in [1.165, 1.54) is 12.1 Å². The lowest BCUT2D eigenvalue weighted by atomic mass is 9.77. The van der Waals surface area contributed by atoms with Crippen LogP contribution in [0.5, 0.6) is 5.75 Å². The number of aliphatic hydroxyl groups is 1. The van der Waals surface area contributed by atoms with Crippen LogP contribution in [0.1, 0.15) is 11.1 Å². The first-order valence-corrected chi connectivity index (χ1v) is 9.91. The first-order chi connectivity index (χ1) is 14.6. The molecule has 0 aliphatic carbocycles. The second kappa shape index (κ2) is 9.52. The number of methoxy groups -OCH3 is 1. The molecule has 2 N–H and O–H groups in total. The Kier molecular flexibility index (Phi) is 7.01. The summed E-state index contributed by atoms with van der Waals surface area (Å²) < 4.78 is 21.9. The summed E-state index contributed by atoms with van der Waals surface area (Å²) in [6.07, 6.45) is 1.06. The third-order valence-electron chi connectivity index (χ3n) is 5.64. The Morgan fingerprint density at radius 2 is 1.74 bits per heavy atom. The molecule has 3 aromatic carbocycles. The molecular weight excluding hydrogens is 415 g/mol. The number of halogens is 2. The molecule has 0 saturated heterocycles. The van der Waals surface area contributed by atoms with Crippen LogP contribution >= 0.6 is 12.4 Å². The predicted molar refractivity (Wildman–Crippen MR) is 125 cm³/mol. The molecule has 1 aromatic heterocycles. The number of likely N-dealkylation sites (N-methyl/N-ethyl adjacent to an activating group) is 1. The molecule has 0 amide bonds. The van der Waals surface area contributed by atoms with Gasteiger partial charge in [0.25, 0.3) is 0 Å². The van der Waals surface area contributed by atoms with Crippen LogP contribution < -0.4 is 10.1 Å². The summed E-state index contributed by atoms with van der Waals surface area (Å²) >= 11 is 0. The van der Waals surface area contributed by atoms with Crippen LogP contribution in [0.15, 0.2) is 85.1 Å². The highest BCUT2D eigenvalue weighted by molar-refractivity contribution is 5.85. The number of rotatable bonds is 7. The third kappa shape index (κ3) is 3.92. The van der Waals surface area contributed by atoms with Crippen LogP contribution in [0.2, 0.25) is 0 Å². The van der Waals surface area contributed by atoms with E-state index in [4.69, 9.17) is 4.74 Å². The van der Waals surface area contributed by atoms with Crippen molar-refractivity contribution in [3.05, 3.63) is 102 Å². The van der Waals surface area contributed by atoms with E-state index in [1.807, 2.05) is 71.4 Å². The van der Waals surface area contributed by atoms with Gasteiger partial charge in [-0.1, -0.05) is 42.5 Å². The van der Waals surface area contributed by atoms with E-state index in [9.17, 15) is 9.50 Å². The van der Waals surface area contributed by atoms with Crippen molar-refractivity contribution in [2.45, 2.75) is 11.6 Å². The highest BCUT2D eigenvalue weighted by Crippen LogP contribution is 2.41. The van der Waals surface area contributed by atoms with Crippen molar-refractivity contribution < 1.29 is 14.2 Å². The van der Waals surface area contributed by atoms with Gasteiger partial charge in [0.2, 0.25) is 0 Å². The van der Waals surface area contributed by atoms with Gasteiger partial charge in [-0.25, -0.2) is 4.39 Å². The zero-order chi connectivity index (χ0) is 21.1. The molecule has 0 spiro atoms. The van der Waals surface area contributed by atoms with E-state index in [2.05, 4.69) is 5.32 Å². The maximum Gasteiger partial charge on any atom is 0.123 e. The lowest BCUT2D eigenvalue weighted by Crippen LogP contribution is -2.50. The van der Waals surface area contributed by atoms with E-state index in [0.29, 0.717) is 17.9 Å². The molecule has 31 heavy (non-hydrogen) atoms. The number of aliphatic hydroxyl groups excluding tert-OH is 1. The number of ether oxygens (including phenoxy) is 1. The number of nitrogens with one attached hydrogen (secondary N) is 1. The van der Waals surface area contributed by atoms with Gasteiger partial charge in [-0.2, -0.15) is 0 Å². The first-order valence-electron chi connectivity index (χ1n) is 9.91. The minimum Gasteiger partial charge on any atom is -0.497 e. The largest absolute Gasteiger partial charge is 0.497 e. The number of hydrogen-bond acceptors (Lipinski definition) is 3. The SMILES string of the molecule is CNC[C@@H](O)[C@](c1ccccc1)(c1cccc(F)c1)n1ccc2ccc(OC)cc21.Cl. The minimum absolute atomic E-state index is 0. The number of aromatic nitrogens is 1. The fourth-order valence-corrected chi connectivity index (χ4v) is 4.29. The quantitative estimate of drug-likeness (QED) is 0.442. The van der Waals surface area contributed by atoms with Crippen molar-refractivity contribution in [3.8, 4) is 5.75 Å². The molecule has 0 unspecified atom stereocenters. The fraction of sp³-hybridized carbons (Fsp3) is 0.200. The topological polar surface area (TPSA) is 46.4 Å². The second-order valence-corrected chi connectivity index (χ2v) is 7.33. The lowest BCUT2D eigenvalue weighted by molar-refractivity contribution is 0.0877. The molecule has 0 fully saturated rings. The van der Waals surface area contributed by atoms with Crippen molar-refractivity contribution >= 4 is 23.3 Å². The Labute approximate surface area is 187 Å². The van der Waals surface area contributed by atoms with E-state index < -0.39 is 11.6 Å². The van der Waals surface area contributed by atoms with Gasteiger partial charge in [0.1, 0.15) is 17.1 Å². The maximum atomic E-state index is 14.4.